The quantitative estimate of drug-likeness (QED) is 0.675. The van der Waals surface area contributed by atoms with Crippen LogP contribution in [0, 0.1) is 5.82 Å². The molecule has 26 heavy (non-hydrogen) atoms. The van der Waals surface area contributed by atoms with Crippen molar-refractivity contribution in [2.24, 2.45) is 0 Å². The summed E-state index contributed by atoms with van der Waals surface area (Å²) in [5, 5.41) is 3.81. The molecule has 7 heteroatoms. The first-order chi connectivity index (χ1) is 12.5. The summed E-state index contributed by atoms with van der Waals surface area (Å²) < 4.78 is 23.5. The molecule has 0 N–H and O–H groups in total. The van der Waals surface area contributed by atoms with Gasteiger partial charge in [0, 0.05) is 19.3 Å². The summed E-state index contributed by atoms with van der Waals surface area (Å²) in [4.78, 5) is 18.4. The lowest BCUT2D eigenvalue weighted by molar-refractivity contribution is 0.0729. The topological polar surface area (TPSA) is 68.5 Å². The second kappa shape index (κ2) is 7.77. The molecular weight excluding hydrogens is 337 g/mol. The van der Waals surface area contributed by atoms with Crippen LogP contribution in [0.25, 0.3) is 0 Å². The lowest BCUT2D eigenvalue weighted by atomic mass is 10.2. The van der Waals surface area contributed by atoms with Gasteiger partial charge in [-0.15, -0.1) is 0 Å². The molecule has 6 nitrogen and oxygen atoms in total. The van der Waals surface area contributed by atoms with Crippen LogP contribution in [0.3, 0.4) is 0 Å². The van der Waals surface area contributed by atoms with Gasteiger partial charge in [0.2, 0.25) is 0 Å². The largest absolute Gasteiger partial charge is 0.486 e. The molecule has 0 bridgehead atoms. The summed E-state index contributed by atoms with van der Waals surface area (Å²) in [6, 6.07) is 12.5. The predicted molar refractivity (Wildman–Crippen MR) is 92.0 cm³/mol. The maximum absolute atomic E-state index is 12.9. The monoisotopic (exact) mass is 355 g/mol. The number of benzene rings is 1. The van der Waals surface area contributed by atoms with Crippen LogP contribution in [0.4, 0.5) is 4.39 Å². The van der Waals surface area contributed by atoms with Gasteiger partial charge in [-0.1, -0.05) is 11.2 Å². The SMILES string of the molecule is CC(c1ccccn1)N(C)C(=O)c1cc(COc2ccc(F)cc2)on1. The van der Waals surface area contributed by atoms with Gasteiger partial charge in [-0.2, -0.15) is 0 Å². The number of rotatable bonds is 6. The predicted octanol–water partition coefficient (Wildman–Crippen LogP) is 3.62. The van der Waals surface area contributed by atoms with Crippen LogP contribution in [0.1, 0.15) is 34.9 Å². The highest BCUT2D eigenvalue weighted by atomic mass is 19.1. The summed E-state index contributed by atoms with van der Waals surface area (Å²) in [5.74, 6) is 0.281. The maximum Gasteiger partial charge on any atom is 0.276 e. The van der Waals surface area contributed by atoms with E-state index in [-0.39, 0.29) is 30.1 Å². The van der Waals surface area contributed by atoms with E-state index in [1.807, 2.05) is 25.1 Å². The first kappa shape index (κ1) is 17.6. The number of halogens is 1. The van der Waals surface area contributed by atoms with Gasteiger partial charge < -0.3 is 14.2 Å². The molecule has 0 fully saturated rings. The van der Waals surface area contributed by atoms with Crippen LogP contribution in [-0.2, 0) is 6.61 Å². The summed E-state index contributed by atoms with van der Waals surface area (Å²) in [5.41, 5.74) is 0.972. The molecule has 0 spiro atoms. The van der Waals surface area contributed by atoms with Crippen LogP contribution < -0.4 is 4.74 Å². The molecule has 2 aromatic heterocycles. The Balaban J connectivity index is 1.63. The summed E-state index contributed by atoms with van der Waals surface area (Å²) in [7, 11) is 1.69. The minimum atomic E-state index is -0.338. The number of aromatic nitrogens is 2. The first-order valence-corrected chi connectivity index (χ1v) is 8.06. The Morgan fingerprint density at radius 2 is 2.04 bits per heavy atom. The standard InChI is InChI=1S/C19H18FN3O3/c1-13(17-5-3-4-10-21-17)23(2)19(24)18-11-16(26-22-18)12-25-15-8-6-14(20)7-9-15/h3-11,13H,12H2,1-2H3. The van der Waals surface area contributed by atoms with E-state index in [1.54, 1.807) is 18.1 Å². The molecule has 1 unspecified atom stereocenters. The highest BCUT2D eigenvalue weighted by molar-refractivity contribution is 5.92. The molecule has 0 aliphatic heterocycles. The molecular formula is C19H18FN3O3. The van der Waals surface area contributed by atoms with E-state index < -0.39 is 0 Å². The van der Waals surface area contributed by atoms with E-state index in [0.717, 1.165) is 5.69 Å². The molecule has 2 heterocycles. The molecule has 3 rings (SSSR count). The van der Waals surface area contributed by atoms with E-state index in [4.69, 9.17) is 9.26 Å². The fourth-order valence-corrected chi connectivity index (χ4v) is 2.35. The Bertz CT molecular complexity index is 865. The fourth-order valence-electron chi connectivity index (χ4n) is 2.35. The zero-order chi connectivity index (χ0) is 18.5. The highest BCUT2D eigenvalue weighted by Gasteiger charge is 2.22. The third-order valence-corrected chi connectivity index (χ3v) is 3.99. The third kappa shape index (κ3) is 4.05. The molecule has 1 atom stereocenters. The molecule has 0 aliphatic rings. The van der Waals surface area contributed by atoms with Crippen molar-refractivity contribution in [3.05, 3.63) is 77.7 Å². The van der Waals surface area contributed by atoms with E-state index in [9.17, 15) is 9.18 Å². The zero-order valence-electron chi connectivity index (χ0n) is 14.4. The van der Waals surface area contributed by atoms with Crippen LogP contribution >= 0.6 is 0 Å². The van der Waals surface area contributed by atoms with Crippen molar-refractivity contribution in [2.45, 2.75) is 19.6 Å². The van der Waals surface area contributed by atoms with Gasteiger partial charge in [-0.05, 0) is 43.3 Å². The lowest BCUT2D eigenvalue weighted by Gasteiger charge is -2.23. The fraction of sp³-hybridized carbons (Fsp3) is 0.211. The van der Waals surface area contributed by atoms with Crippen molar-refractivity contribution in [1.82, 2.24) is 15.0 Å². The smallest absolute Gasteiger partial charge is 0.276 e. The van der Waals surface area contributed by atoms with E-state index >= 15 is 0 Å². The molecule has 3 aromatic rings. The molecule has 0 aliphatic carbocycles. The Labute approximate surface area is 150 Å². The molecule has 134 valence electrons. The van der Waals surface area contributed by atoms with Gasteiger partial charge in [0.25, 0.3) is 5.91 Å². The molecule has 1 aromatic carbocycles. The number of hydrogen-bond acceptors (Lipinski definition) is 5. The number of carbonyl (C=O) groups excluding carboxylic acids is 1. The maximum atomic E-state index is 12.9. The van der Waals surface area contributed by atoms with Crippen molar-refractivity contribution in [3.8, 4) is 5.75 Å². The average Bonchev–Trinajstić information content (AvgIpc) is 3.15. The van der Waals surface area contributed by atoms with Crippen LogP contribution in [0.5, 0.6) is 5.75 Å². The van der Waals surface area contributed by atoms with Crippen molar-refractivity contribution in [1.29, 1.82) is 0 Å². The van der Waals surface area contributed by atoms with Crippen LogP contribution in [0.2, 0.25) is 0 Å². The third-order valence-electron chi connectivity index (χ3n) is 3.99. The van der Waals surface area contributed by atoms with Gasteiger partial charge in [-0.25, -0.2) is 4.39 Å². The second-order valence-electron chi connectivity index (χ2n) is 5.77. The van der Waals surface area contributed by atoms with E-state index in [0.29, 0.717) is 11.5 Å². The van der Waals surface area contributed by atoms with Gasteiger partial charge >= 0.3 is 0 Å². The molecule has 0 radical (unpaired) electrons. The van der Waals surface area contributed by atoms with E-state index in [2.05, 4.69) is 10.1 Å². The van der Waals surface area contributed by atoms with Crippen LogP contribution in [0.15, 0.2) is 59.3 Å². The van der Waals surface area contributed by atoms with Crippen molar-refractivity contribution >= 4 is 5.91 Å². The Morgan fingerprint density at radius 1 is 1.27 bits per heavy atom. The lowest BCUT2D eigenvalue weighted by Crippen LogP contribution is -2.30. The number of amides is 1. The number of ether oxygens (including phenoxy) is 1. The Kier molecular flexibility index (Phi) is 5.26. The first-order valence-electron chi connectivity index (χ1n) is 8.06. The van der Waals surface area contributed by atoms with Gasteiger partial charge in [0.05, 0.1) is 11.7 Å². The summed E-state index contributed by atoms with van der Waals surface area (Å²) in [6.45, 7) is 1.98. The number of hydrogen-bond donors (Lipinski definition) is 0. The van der Waals surface area contributed by atoms with Crippen molar-refractivity contribution in [2.75, 3.05) is 7.05 Å². The Hall–Kier alpha value is -3.22. The highest BCUT2D eigenvalue weighted by Crippen LogP contribution is 2.19. The number of carbonyl (C=O) groups is 1. The number of nitrogens with zero attached hydrogens (tertiary/aromatic N) is 3. The summed E-state index contributed by atoms with van der Waals surface area (Å²) >= 11 is 0. The van der Waals surface area contributed by atoms with Crippen molar-refractivity contribution < 1.29 is 18.4 Å². The molecule has 0 saturated heterocycles. The summed E-state index contributed by atoms with van der Waals surface area (Å²) in [6.07, 6.45) is 1.69. The van der Waals surface area contributed by atoms with Gasteiger partial charge in [0.15, 0.2) is 11.5 Å². The second-order valence-corrected chi connectivity index (χ2v) is 5.77. The number of pyridine rings is 1. The molecule has 1 amide bonds. The molecule has 0 saturated carbocycles. The van der Waals surface area contributed by atoms with E-state index in [1.165, 1.54) is 30.3 Å². The van der Waals surface area contributed by atoms with Gasteiger partial charge in [-0.3, -0.25) is 9.78 Å². The van der Waals surface area contributed by atoms with Crippen molar-refractivity contribution in [3.63, 3.8) is 0 Å². The minimum absolute atomic E-state index is 0.0887. The zero-order valence-corrected chi connectivity index (χ0v) is 14.4. The van der Waals surface area contributed by atoms with Crippen LogP contribution in [-0.4, -0.2) is 28.0 Å². The normalized spacial score (nSPS) is 11.8. The average molecular weight is 355 g/mol. The Morgan fingerprint density at radius 3 is 2.73 bits per heavy atom. The minimum Gasteiger partial charge on any atom is -0.486 e. The van der Waals surface area contributed by atoms with Gasteiger partial charge in [0.1, 0.15) is 18.2 Å².